The third-order valence-electron chi connectivity index (χ3n) is 6.28. The normalized spacial score (nSPS) is 16.0. The fourth-order valence-corrected chi connectivity index (χ4v) is 6.10. The van der Waals surface area contributed by atoms with Crippen LogP contribution in [0.5, 0.6) is 0 Å². The van der Waals surface area contributed by atoms with Gasteiger partial charge < -0.3 is 5.32 Å². The van der Waals surface area contributed by atoms with Gasteiger partial charge in [-0.3, -0.25) is 9.69 Å². The summed E-state index contributed by atoms with van der Waals surface area (Å²) in [5.41, 5.74) is 1.39. The van der Waals surface area contributed by atoms with Crippen LogP contribution in [0.15, 0.2) is 53.4 Å². The van der Waals surface area contributed by atoms with Crippen LogP contribution in [0.2, 0.25) is 5.02 Å². The van der Waals surface area contributed by atoms with Crippen LogP contribution in [0.25, 0.3) is 0 Å². The Morgan fingerprint density at radius 3 is 2.36 bits per heavy atom. The second-order valence-corrected chi connectivity index (χ2v) is 10.7. The molecule has 33 heavy (non-hydrogen) atoms. The monoisotopic (exact) mass is 491 g/mol. The van der Waals surface area contributed by atoms with Gasteiger partial charge in [-0.05, 0) is 56.1 Å². The Hall–Kier alpha value is -1.93. The Morgan fingerprint density at radius 1 is 1.06 bits per heavy atom. The average Bonchev–Trinajstić information content (AvgIpc) is 2.84. The second kappa shape index (κ2) is 12.0. The van der Waals surface area contributed by atoms with Gasteiger partial charge in [-0.15, -0.1) is 0 Å². The van der Waals surface area contributed by atoms with Crippen LogP contribution in [0, 0.1) is 0 Å². The SMILES string of the molecule is CCN(CC)C(CNC(=O)c1cc(S(=O)(=O)N2CCCCC2)ccc1Cl)Cc1ccccc1. The number of amides is 1. The lowest BCUT2D eigenvalue weighted by Gasteiger charge is -2.30. The molecule has 1 saturated heterocycles. The number of benzene rings is 2. The number of hydrogen-bond donors (Lipinski definition) is 1. The maximum atomic E-state index is 13.1. The van der Waals surface area contributed by atoms with E-state index in [9.17, 15) is 13.2 Å². The van der Waals surface area contributed by atoms with Gasteiger partial charge >= 0.3 is 0 Å². The fraction of sp³-hybridized carbons (Fsp3) is 0.480. The van der Waals surface area contributed by atoms with E-state index in [4.69, 9.17) is 11.6 Å². The smallest absolute Gasteiger partial charge is 0.252 e. The Labute approximate surface area is 203 Å². The minimum absolute atomic E-state index is 0.114. The van der Waals surface area contributed by atoms with Crippen molar-refractivity contribution in [3.8, 4) is 0 Å². The van der Waals surface area contributed by atoms with Crippen LogP contribution < -0.4 is 5.32 Å². The molecule has 0 saturated carbocycles. The highest BCUT2D eigenvalue weighted by Gasteiger charge is 2.27. The largest absolute Gasteiger partial charge is 0.350 e. The molecule has 1 aliphatic heterocycles. The van der Waals surface area contributed by atoms with E-state index in [-0.39, 0.29) is 27.4 Å². The Bertz CT molecular complexity index is 1020. The van der Waals surface area contributed by atoms with Gasteiger partial charge in [0.25, 0.3) is 5.91 Å². The molecule has 180 valence electrons. The van der Waals surface area contributed by atoms with Gasteiger partial charge in [0.05, 0.1) is 15.5 Å². The van der Waals surface area contributed by atoms with Crippen molar-refractivity contribution in [1.82, 2.24) is 14.5 Å². The number of carbonyl (C=O) groups excluding carboxylic acids is 1. The number of carbonyl (C=O) groups is 1. The predicted molar refractivity (Wildman–Crippen MR) is 133 cm³/mol. The molecule has 1 unspecified atom stereocenters. The molecule has 6 nitrogen and oxygen atoms in total. The number of hydrogen-bond acceptors (Lipinski definition) is 4. The zero-order chi connectivity index (χ0) is 23.8. The molecule has 1 fully saturated rings. The lowest BCUT2D eigenvalue weighted by Crippen LogP contribution is -2.45. The van der Waals surface area contributed by atoms with Crippen molar-refractivity contribution in [2.75, 3.05) is 32.7 Å². The summed E-state index contributed by atoms with van der Waals surface area (Å²) < 4.78 is 27.6. The van der Waals surface area contributed by atoms with Crippen molar-refractivity contribution in [3.63, 3.8) is 0 Å². The summed E-state index contributed by atoms with van der Waals surface area (Å²) in [6.07, 6.45) is 3.56. The highest BCUT2D eigenvalue weighted by molar-refractivity contribution is 7.89. The average molecular weight is 492 g/mol. The van der Waals surface area contributed by atoms with E-state index in [1.165, 1.54) is 28.1 Å². The fourth-order valence-electron chi connectivity index (χ4n) is 4.36. The standard InChI is InChI=1S/C25H34ClN3O3S/c1-3-28(4-2)21(17-20-11-7-5-8-12-20)19-27-25(30)23-18-22(13-14-24(23)26)33(31,32)29-15-9-6-10-16-29/h5,7-8,11-14,18,21H,3-4,6,9-10,15-17,19H2,1-2H3,(H,27,30). The number of nitrogens with zero attached hydrogens (tertiary/aromatic N) is 2. The minimum Gasteiger partial charge on any atom is -0.350 e. The first-order chi connectivity index (χ1) is 15.9. The van der Waals surface area contributed by atoms with E-state index in [0.29, 0.717) is 19.6 Å². The minimum atomic E-state index is -3.64. The molecule has 1 N–H and O–H groups in total. The van der Waals surface area contributed by atoms with Crippen molar-refractivity contribution in [2.45, 2.75) is 50.5 Å². The van der Waals surface area contributed by atoms with Crippen LogP contribution in [-0.2, 0) is 16.4 Å². The van der Waals surface area contributed by atoms with Crippen LogP contribution in [-0.4, -0.2) is 62.3 Å². The van der Waals surface area contributed by atoms with Gasteiger partial charge in [-0.25, -0.2) is 8.42 Å². The third kappa shape index (κ3) is 6.57. The molecule has 1 aliphatic rings. The Kier molecular flexibility index (Phi) is 9.32. The molecule has 2 aromatic carbocycles. The first-order valence-electron chi connectivity index (χ1n) is 11.7. The van der Waals surface area contributed by atoms with Crippen molar-refractivity contribution < 1.29 is 13.2 Å². The molecule has 1 amide bonds. The summed E-state index contributed by atoms with van der Waals surface area (Å²) in [7, 11) is -3.64. The van der Waals surface area contributed by atoms with Gasteiger partial charge in [0.15, 0.2) is 0 Å². The molecule has 2 aromatic rings. The van der Waals surface area contributed by atoms with E-state index in [1.807, 2.05) is 18.2 Å². The predicted octanol–water partition coefficient (Wildman–Crippen LogP) is 4.20. The van der Waals surface area contributed by atoms with Crippen LogP contribution in [0.3, 0.4) is 0 Å². The molecule has 1 heterocycles. The Morgan fingerprint density at radius 2 is 1.73 bits per heavy atom. The van der Waals surface area contributed by atoms with Gasteiger partial charge in [0.1, 0.15) is 0 Å². The number of halogens is 1. The molecule has 1 atom stereocenters. The van der Waals surface area contributed by atoms with Crippen molar-refractivity contribution in [1.29, 1.82) is 0 Å². The highest BCUT2D eigenvalue weighted by Crippen LogP contribution is 2.25. The quantitative estimate of drug-likeness (QED) is 0.540. The molecular weight excluding hydrogens is 458 g/mol. The number of likely N-dealkylation sites (N-methyl/N-ethyl adjacent to an activating group) is 1. The summed E-state index contributed by atoms with van der Waals surface area (Å²) >= 11 is 6.31. The topological polar surface area (TPSA) is 69.7 Å². The van der Waals surface area contributed by atoms with Gasteiger partial charge in [0, 0.05) is 25.7 Å². The van der Waals surface area contributed by atoms with Crippen LogP contribution in [0.1, 0.15) is 49.0 Å². The molecule has 0 bridgehead atoms. The Balaban J connectivity index is 1.76. The summed E-state index contributed by atoms with van der Waals surface area (Å²) in [4.78, 5) is 15.5. The number of piperidine rings is 1. The van der Waals surface area contributed by atoms with E-state index >= 15 is 0 Å². The second-order valence-electron chi connectivity index (χ2n) is 8.38. The lowest BCUT2D eigenvalue weighted by molar-refractivity contribution is 0.0934. The van der Waals surface area contributed by atoms with Crippen molar-refractivity contribution in [2.24, 2.45) is 0 Å². The number of rotatable bonds is 10. The first-order valence-corrected chi connectivity index (χ1v) is 13.5. The van der Waals surface area contributed by atoms with Crippen molar-refractivity contribution in [3.05, 3.63) is 64.7 Å². The number of sulfonamides is 1. The van der Waals surface area contributed by atoms with Gasteiger partial charge in [-0.2, -0.15) is 4.31 Å². The maximum absolute atomic E-state index is 13.1. The van der Waals surface area contributed by atoms with Crippen LogP contribution >= 0.6 is 11.6 Å². The zero-order valence-corrected chi connectivity index (χ0v) is 21.0. The van der Waals surface area contributed by atoms with E-state index in [2.05, 4.69) is 36.2 Å². The zero-order valence-electron chi connectivity index (χ0n) is 19.5. The molecule has 8 heteroatoms. The van der Waals surface area contributed by atoms with Gasteiger partial charge in [-0.1, -0.05) is 62.2 Å². The lowest BCUT2D eigenvalue weighted by atomic mass is 10.0. The molecular formula is C25H34ClN3O3S. The molecule has 0 aliphatic carbocycles. The summed E-state index contributed by atoms with van der Waals surface area (Å²) in [5, 5.41) is 3.24. The maximum Gasteiger partial charge on any atom is 0.252 e. The molecule has 3 rings (SSSR count). The van der Waals surface area contributed by atoms with Crippen molar-refractivity contribution >= 4 is 27.5 Å². The molecule has 0 aromatic heterocycles. The molecule has 0 radical (unpaired) electrons. The summed E-state index contributed by atoms with van der Waals surface area (Å²) in [6, 6.07) is 14.7. The summed E-state index contributed by atoms with van der Waals surface area (Å²) in [5.74, 6) is -0.360. The van der Waals surface area contributed by atoms with E-state index in [1.54, 1.807) is 0 Å². The highest BCUT2D eigenvalue weighted by atomic mass is 35.5. The third-order valence-corrected chi connectivity index (χ3v) is 8.50. The van der Waals surface area contributed by atoms with Crippen LogP contribution in [0.4, 0.5) is 0 Å². The van der Waals surface area contributed by atoms with E-state index < -0.39 is 10.0 Å². The first kappa shape index (κ1) is 25.7. The summed E-state index contributed by atoms with van der Waals surface area (Å²) in [6.45, 7) is 7.41. The van der Waals surface area contributed by atoms with Gasteiger partial charge in [0.2, 0.25) is 10.0 Å². The number of nitrogens with one attached hydrogen (secondary N) is 1. The van der Waals surface area contributed by atoms with E-state index in [0.717, 1.165) is 38.8 Å². The molecule has 0 spiro atoms.